The molecule has 8 heteroatoms. The average molecular weight is 444 g/mol. The molecule has 0 saturated carbocycles. The summed E-state index contributed by atoms with van der Waals surface area (Å²) in [5.41, 5.74) is 3.59. The van der Waals surface area contributed by atoms with Gasteiger partial charge in [0, 0.05) is 31.4 Å². The van der Waals surface area contributed by atoms with Crippen LogP contribution in [-0.4, -0.2) is 39.5 Å². The van der Waals surface area contributed by atoms with E-state index in [1.807, 2.05) is 6.92 Å². The van der Waals surface area contributed by atoms with Crippen LogP contribution in [0.25, 0.3) is 0 Å². The lowest BCUT2D eigenvalue weighted by Crippen LogP contribution is -2.30. The zero-order chi connectivity index (χ0) is 23.4. The van der Waals surface area contributed by atoms with Crippen molar-refractivity contribution in [3.63, 3.8) is 0 Å². The molecule has 0 aliphatic heterocycles. The summed E-state index contributed by atoms with van der Waals surface area (Å²) in [6, 6.07) is 13.7. The normalized spacial score (nSPS) is 12.2. The van der Waals surface area contributed by atoms with E-state index in [4.69, 9.17) is 0 Å². The minimum absolute atomic E-state index is 0.110. The van der Waals surface area contributed by atoms with Crippen molar-refractivity contribution < 1.29 is 26.3 Å². The van der Waals surface area contributed by atoms with Crippen molar-refractivity contribution in [1.82, 2.24) is 0 Å². The fourth-order valence-corrected chi connectivity index (χ4v) is 3.42. The molecule has 0 fully saturated rings. The van der Waals surface area contributed by atoms with Gasteiger partial charge in [0.25, 0.3) is 0 Å². The molecule has 0 bridgehead atoms. The van der Waals surface area contributed by atoms with E-state index < -0.39 is 25.4 Å². The van der Waals surface area contributed by atoms with Crippen molar-refractivity contribution in [2.24, 2.45) is 0 Å². The Morgan fingerprint density at radius 3 is 1.32 bits per heavy atom. The van der Waals surface area contributed by atoms with Crippen LogP contribution in [0.1, 0.15) is 30.4 Å². The number of nitrogens with zero attached hydrogens (tertiary/aromatic N) is 2. The van der Waals surface area contributed by atoms with Crippen molar-refractivity contribution >= 4 is 11.4 Å². The molecule has 0 aromatic heterocycles. The zero-order valence-electron chi connectivity index (χ0n) is 17.7. The fraction of sp³-hybridized carbons (Fsp3) is 0.391. The average Bonchev–Trinajstić information content (AvgIpc) is 2.63. The van der Waals surface area contributed by atoms with Gasteiger partial charge in [-0.1, -0.05) is 29.8 Å². The maximum atomic E-state index is 12.6. The second kappa shape index (κ2) is 9.66. The third kappa shape index (κ3) is 7.84. The van der Waals surface area contributed by atoms with Gasteiger partial charge in [0.2, 0.25) is 0 Å². The van der Waals surface area contributed by atoms with Crippen LogP contribution in [0.4, 0.5) is 37.7 Å². The molecule has 2 nitrogen and oxygen atoms in total. The highest BCUT2D eigenvalue weighted by Crippen LogP contribution is 2.33. The molecule has 0 N–H and O–H groups in total. The molecule has 2 aromatic carbocycles. The number of rotatable bonds is 8. The highest BCUT2D eigenvalue weighted by atomic mass is 19.4. The Kier molecular flexibility index (Phi) is 7.68. The second-order valence-electron chi connectivity index (χ2n) is 7.84. The summed E-state index contributed by atoms with van der Waals surface area (Å²) < 4.78 is 75.8. The van der Waals surface area contributed by atoms with Crippen LogP contribution in [0.15, 0.2) is 60.7 Å². The molecule has 0 unspecified atom stereocenters. The van der Waals surface area contributed by atoms with Gasteiger partial charge in [-0.3, -0.25) is 0 Å². The lowest BCUT2D eigenvalue weighted by Gasteiger charge is -2.24. The highest BCUT2D eigenvalue weighted by Gasteiger charge is 2.30. The van der Waals surface area contributed by atoms with Crippen LogP contribution >= 0.6 is 0 Å². The first-order chi connectivity index (χ1) is 14.2. The van der Waals surface area contributed by atoms with Crippen LogP contribution in [0, 0.1) is 0 Å². The molecule has 170 valence electrons. The van der Waals surface area contributed by atoms with Gasteiger partial charge in [-0.25, -0.2) is 0 Å². The van der Waals surface area contributed by atoms with Gasteiger partial charge in [0.05, 0.1) is 0 Å². The second-order valence-corrected chi connectivity index (χ2v) is 7.84. The lowest BCUT2D eigenvalue weighted by atomic mass is 9.86. The highest BCUT2D eigenvalue weighted by molar-refractivity contribution is 5.51. The molecule has 0 spiro atoms. The predicted octanol–water partition coefficient (Wildman–Crippen LogP) is 6.78. The summed E-state index contributed by atoms with van der Waals surface area (Å²) in [7, 11) is 2.76. The van der Waals surface area contributed by atoms with Crippen molar-refractivity contribution in [3.05, 3.63) is 71.8 Å². The van der Waals surface area contributed by atoms with Crippen molar-refractivity contribution in [3.8, 4) is 0 Å². The number of hydrogen-bond acceptors (Lipinski definition) is 2. The van der Waals surface area contributed by atoms with Gasteiger partial charge < -0.3 is 9.80 Å². The van der Waals surface area contributed by atoms with E-state index >= 15 is 0 Å². The third-order valence-corrected chi connectivity index (χ3v) is 4.86. The molecule has 0 amide bonds. The Hall–Kier alpha value is -2.64. The largest absolute Gasteiger partial charge is 0.405 e. The minimum Gasteiger partial charge on any atom is -0.366 e. The summed E-state index contributed by atoms with van der Waals surface area (Å²) in [5, 5.41) is 0. The van der Waals surface area contributed by atoms with E-state index in [9.17, 15) is 26.3 Å². The minimum atomic E-state index is -4.29. The van der Waals surface area contributed by atoms with Crippen molar-refractivity contribution in [2.75, 3.05) is 37.0 Å². The number of alkyl halides is 6. The zero-order valence-corrected chi connectivity index (χ0v) is 17.7. The molecule has 0 atom stereocenters. The molecule has 2 aromatic rings. The van der Waals surface area contributed by atoms with Gasteiger partial charge in [-0.15, -0.1) is 6.58 Å². The molecule has 2 rings (SSSR count). The monoisotopic (exact) mass is 444 g/mol. The van der Waals surface area contributed by atoms with E-state index in [-0.39, 0.29) is 5.92 Å². The van der Waals surface area contributed by atoms with Gasteiger partial charge in [-0.05, 0) is 48.7 Å². The number of allylic oxidation sites excluding steroid dienone is 1. The molecule has 0 aliphatic carbocycles. The van der Waals surface area contributed by atoms with E-state index in [0.717, 1.165) is 26.5 Å². The fourth-order valence-electron chi connectivity index (χ4n) is 3.42. The van der Waals surface area contributed by atoms with Crippen LogP contribution in [0.3, 0.4) is 0 Å². The third-order valence-electron chi connectivity index (χ3n) is 4.86. The summed E-state index contributed by atoms with van der Waals surface area (Å²) in [6.45, 7) is 3.74. The molecule has 31 heavy (non-hydrogen) atoms. The van der Waals surface area contributed by atoms with Gasteiger partial charge >= 0.3 is 12.4 Å². The topological polar surface area (TPSA) is 6.48 Å². The number of benzene rings is 2. The number of halogens is 6. The molecule has 0 saturated heterocycles. The van der Waals surface area contributed by atoms with Crippen LogP contribution < -0.4 is 9.80 Å². The predicted molar refractivity (Wildman–Crippen MR) is 113 cm³/mol. The molecule has 0 heterocycles. The van der Waals surface area contributed by atoms with Crippen LogP contribution in [-0.2, 0) is 0 Å². The number of hydrogen-bond donors (Lipinski definition) is 0. The van der Waals surface area contributed by atoms with Crippen LogP contribution in [0.2, 0.25) is 0 Å². The van der Waals surface area contributed by atoms with Crippen molar-refractivity contribution in [2.45, 2.75) is 31.6 Å². The standard InChI is InChI=1S/C23H26F6N2/c1-16(2)13-21(17-5-9-19(10-6-17)30(3)14-22(24,25)26)18-7-11-20(12-8-18)31(4)15-23(27,28)29/h5-12,21H,1,13-15H2,2-4H3. The van der Waals surface area contributed by atoms with E-state index in [0.29, 0.717) is 17.8 Å². The lowest BCUT2D eigenvalue weighted by molar-refractivity contribution is -0.120. The smallest absolute Gasteiger partial charge is 0.366 e. The Bertz CT molecular complexity index is 788. The number of anilines is 2. The van der Waals surface area contributed by atoms with Crippen molar-refractivity contribution in [1.29, 1.82) is 0 Å². The van der Waals surface area contributed by atoms with Gasteiger partial charge in [0.15, 0.2) is 0 Å². The Morgan fingerprint density at radius 2 is 1.06 bits per heavy atom. The Labute approximate surface area is 178 Å². The van der Waals surface area contributed by atoms with Gasteiger partial charge in [-0.2, -0.15) is 26.3 Å². The summed E-state index contributed by atoms with van der Waals surface area (Å²) in [4.78, 5) is 2.26. The molecular formula is C23H26F6N2. The van der Waals surface area contributed by atoms with E-state index in [1.54, 1.807) is 48.5 Å². The quantitative estimate of drug-likeness (QED) is 0.327. The first-order valence-electron chi connectivity index (χ1n) is 9.65. The maximum absolute atomic E-state index is 12.6. The SMILES string of the molecule is C=C(C)CC(c1ccc(N(C)CC(F)(F)F)cc1)c1ccc(N(C)CC(F)(F)F)cc1. The molecule has 0 radical (unpaired) electrons. The first kappa shape index (κ1) is 24.6. The molecule has 0 aliphatic rings. The van der Waals surface area contributed by atoms with Gasteiger partial charge in [0.1, 0.15) is 13.1 Å². The van der Waals surface area contributed by atoms with E-state index in [1.165, 1.54) is 14.1 Å². The Balaban J connectivity index is 2.25. The Morgan fingerprint density at radius 1 is 0.742 bits per heavy atom. The first-order valence-corrected chi connectivity index (χ1v) is 9.65. The maximum Gasteiger partial charge on any atom is 0.405 e. The van der Waals surface area contributed by atoms with Crippen LogP contribution in [0.5, 0.6) is 0 Å². The summed E-state index contributed by atoms with van der Waals surface area (Å²) >= 11 is 0. The summed E-state index contributed by atoms with van der Waals surface area (Å²) in [6.07, 6.45) is -7.98. The molecular weight excluding hydrogens is 418 g/mol. The van der Waals surface area contributed by atoms with E-state index in [2.05, 4.69) is 6.58 Å². The summed E-state index contributed by atoms with van der Waals surface area (Å²) in [5.74, 6) is -0.110.